The Bertz CT molecular complexity index is 656. The molecule has 2 rings (SSSR count). The van der Waals surface area contributed by atoms with Gasteiger partial charge < -0.3 is 33.4 Å². The first-order valence-corrected chi connectivity index (χ1v) is 7.10. The summed E-state index contributed by atoms with van der Waals surface area (Å²) in [6, 6.07) is 6.99. The van der Waals surface area contributed by atoms with E-state index in [1.54, 1.807) is 30.3 Å². The Labute approximate surface area is 130 Å². The number of rotatable bonds is 5. The minimum absolute atomic E-state index is 0.108. The van der Waals surface area contributed by atoms with E-state index in [9.17, 15) is 5.11 Å². The van der Waals surface area contributed by atoms with Crippen molar-refractivity contribution in [1.82, 2.24) is 5.32 Å². The fourth-order valence-corrected chi connectivity index (χ4v) is 2.43. The minimum Gasteiger partial charge on any atom is -0.507 e. The SMILES string of the molecule is CC1=C(CN)CC1NC(/C=C(\N)c1ccccc1O)=C(N)N. The maximum Gasteiger partial charge on any atom is 0.124 e. The van der Waals surface area contributed by atoms with Crippen LogP contribution in [0.2, 0.25) is 0 Å². The van der Waals surface area contributed by atoms with Crippen LogP contribution in [0.4, 0.5) is 0 Å². The van der Waals surface area contributed by atoms with Gasteiger partial charge in [-0.2, -0.15) is 0 Å². The lowest BCUT2D eigenvalue weighted by Gasteiger charge is -2.33. The van der Waals surface area contributed by atoms with Gasteiger partial charge in [0, 0.05) is 17.8 Å². The van der Waals surface area contributed by atoms with Gasteiger partial charge in [0.05, 0.1) is 11.7 Å². The summed E-state index contributed by atoms with van der Waals surface area (Å²) < 4.78 is 0. The molecule has 0 spiro atoms. The molecule has 118 valence electrons. The molecule has 1 unspecified atom stereocenters. The Kier molecular flexibility index (Phi) is 4.62. The number of hydrogen-bond donors (Lipinski definition) is 6. The summed E-state index contributed by atoms with van der Waals surface area (Å²) in [5.41, 5.74) is 27.1. The van der Waals surface area contributed by atoms with Crippen molar-refractivity contribution in [3.63, 3.8) is 0 Å². The van der Waals surface area contributed by atoms with E-state index in [2.05, 4.69) is 5.32 Å². The first-order chi connectivity index (χ1) is 10.4. The van der Waals surface area contributed by atoms with Gasteiger partial charge in [-0.3, -0.25) is 0 Å². The number of phenolic OH excluding ortho intramolecular Hbond substituents is 1. The van der Waals surface area contributed by atoms with Crippen molar-refractivity contribution in [2.24, 2.45) is 22.9 Å². The topological polar surface area (TPSA) is 136 Å². The molecule has 22 heavy (non-hydrogen) atoms. The highest BCUT2D eigenvalue weighted by Crippen LogP contribution is 2.28. The van der Waals surface area contributed by atoms with E-state index in [0.717, 1.165) is 6.42 Å². The summed E-state index contributed by atoms with van der Waals surface area (Å²) in [5.74, 6) is 0.253. The number of phenols is 1. The monoisotopic (exact) mass is 301 g/mol. The van der Waals surface area contributed by atoms with Crippen LogP contribution in [-0.2, 0) is 0 Å². The van der Waals surface area contributed by atoms with Crippen molar-refractivity contribution in [3.05, 3.63) is 58.6 Å². The van der Waals surface area contributed by atoms with Crippen LogP contribution < -0.4 is 28.3 Å². The molecule has 0 bridgehead atoms. The normalized spacial score (nSPS) is 17.9. The van der Waals surface area contributed by atoms with Gasteiger partial charge in [-0.05, 0) is 31.6 Å². The molecule has 1 atom stereocenters. The van der Waals surface area contributed by atoms with Gasteiger partial charge in [0.2, 0.25) is 0 Å². The third kappa shape index (κ3) is 3.17. The minimum atomic E-state index is 0.108. The molecule has 1 aliphatic carbocycles. The Morgan fingerprint density at radius 1 is 1.32 bits per heavy atom. The Morgan fingerprint density at radius 2 is 2.00 bits per heavy atom. The van der Waals surface area contributed by atoms with E-state index >= 15 is 0 Å². The van der Waals surface area contributed by atoms with Crippen LogP contribution in [0.3, 0.4) is 0 Å². The summed E-state index contributed by atoms with van der Waals surface area (Å²) >= 11 is 0. The Morgan fingerprint density at radius 3 is 2.55 bits per heavy atom. The van der Waals surface area contributed by atoms with Crippen LogP contribution in [0.5, 0.6) is 5.75 Å². The van der Waals surface area contributed by atoms with E-state index in [0.29, 0.717) is 23.5 Å². The average Bonchev–Trinajstić information content (AvgIpc) is 2.49. The molecular weight excluding hydrogens is 278 g/mol. The highest BCUT2D eigenvalue weighted by Gasteiger charge is 2.25. The number of hydrogen-bond acceptors (Lipinski definition) is 6. The van der Waals surface area contributed by atoms with Crippen LogP contribution in [0.1, 0.15) is 18.9 Å². The molecule has 0 aromatic heterocycles. The van der Waals surface area contributed by atoms with Gasteiger partial charge in [0.15, 0.2) is 0 Å². The van der Waals surface area contributed by atoms with Crippen LogP contribution in [0.15, 0.2) is 53.0 Å². The van der Waals surface area contributed by atoms with Crippen LogP contribution in [0, 0.1) is 0 Å². The van der Waals surface area contributed by atoms with Crippen molar-refractivity contribution in [2.45, 2.75) is 19.4 Å². The zero-order valence-corrected chi connectivity index (χ0v) is 12.6. The number of para-hydroxylation sites is 1. The molecule has 0 saturated carbocycles. The first-order valence-electron chi connectivity index (χ1n) is 7.10. The molecule has 6 heteroatoms. The van der Waals surface area contributed by atoms with E-state index in [1.807, 2.05) is 6.92 Å². The fraction of sp³-hybridized carbons (Fsp3) is 0.250. The summed E-state index contributed by atoms with van der Waals surface area (Å²) in [4.78, 5) is 0. The molecule has 1 aromatic carbocycles. The zero-order valence-electron chi connectivity index (χ0n) is 12.6. The second-order valence-corrected chi connectivity index (χ2v) is 5.38. The molecule has 0 aliphatic heterocycles. The van der Waals surface area contributed by atoms with Crippen LogP contribution >= 0.6 is 0 Å². The Balaban J connectivity index is 2.21. The lowest BCUT2D eigenvalue weighted by Crippen LogP contribution is -2.40. The number of aromatic hydroxyl groups is 1. The fourth-order valence-electron chi connectivity index (χ4n) is 2.43. The van der Waals surface area contributed by atoms with Crippen LogP contribution in [-0.4, -0.2) is 17.7 Å². The largest absolute Gasteiger partial charge is 0.507 e. The number of nitrogens with one attached hydrogen (secondary N) is 1. The predicted octanol–water partition coefficient (Wildman–Crippen LogP) is 0.415. The molecule has 0 amide bonds. The molecule has 0 fully saturated rings. The van der Waals surface area contributed by atoms with Crippen molar-refractivity contribution in [2.75, 3.05) is 6.54 Å². The molecule has 0 heterocycles. The van der Waals surface area contributed by atoms with Crippen molar-refractivity contribution in [3.8, 4) is 5.75 Å². The van der Waals surface area contributed by atoms with Gasteiger partial charge in [-0.1, -0.05) is 23.3 Å². The second-order valence-electron chi connectivity index (χ2n) is 5.38. The quantitative estimate of drug-likeness (QED) is 0.344. The van der Waals surface area contributed by atoms with Gasteiger partial charge in [-0.25, -0.2) is 0 Å². The molecule has 0 saturated heterocycles. The second kappa shape index (κ2) is 6.44. The van der Waals surface area contributed by atoms with E-state index in [4.69, 9.17) is 22.9 Å². The standard InChI is InChI=1S/C16H23N5O/c1-9-10(8-17)6-13(9)21-14(16(19)20)7-12(18)11-4-2-3-5-15(11)22/h2-5,7,13,21-22H,6,8,17-20H2,1H3/b12-7-. The highest BCUT2D eigenvalue weighted by molar-refractivity contribution is 5.70. The van der Waals surface area contributed by atoms with Crippen molar-refractivity contribution >= 4 is 5.70 Å². The summed E-state index contributed by atoms with van der Waals surface area (Å²) in [7, 11) is 0. The van der Waals surface area contributed by atoms with Gasteiger partial charge in [0.25, 0.3) is 0 Å². The highest BCUT2D eigenvalue weighted by atomic mass is 16.3. The molecule has 1 aliphatic rings. The first kappa shape index (κ1) is 15.8. The summed E-state index contributed by atoms with van der Waals surface area (Å²) in [6.45, 7) is 2.60. The smallest absolute Gasteiger partial charge is 0.124 e. The Hall–Kier alpha value is -2.60. The maximum atomic E-state index is 9.84. The molecule has 10 N–H and O–H groups in total. The zero-order chi connectivity index (χ0) is 16.3. The van der Waals surface area contributed by atoms with Crippen LogP contribution in [0.25, 0.3) is 5.70 Å². The lowest BCUT2D eigenvalue weighted by molar-refractivity contribution is 0.473. The van der Waals surface area contributed by atoms with E-state index < -0.39 is 0 Å². The lowest BCUT2D eigenvalue weighted by atomic mass is 9.84. The molecule has 0 radical (unpaired) electrons. The summed E-state index contributed by atoms with van der Waals surface area (Å²) in [5, 5.41) is 13.1. The number of nitrogens with two attached hydrogens (primary N) is 4. The third-order valence-corrected chi connectivity index (χ3v) is 3.93. The third-order valence-electron chi connectivity index (χ3n) is 3.93. The van der Waals surface area contributed by atoms with Gasteiger partial charge in [0.1, 0.15) is 11.6 Å². The average molecular weight is 301 g/mol. The van der Waals surface area contributed by atoms with E-state index in [-0.39, 0.29) is 17.6 Å². The van der Waals surface area contributed by atoms with Gasteiger partial charge >= 0.3 is 0 Å². The molecular formula is C16H23N5O. The predicted molar refractivity (Wildman–Crippen MR) is 89.0 cm³/mol. The summed E-state index contributed by atoms with van der Waals surface area (Å²) in [6.07, 6.45) is 2.50. The van der Waals surface area contributed by atoms with Crippen molar-refractivity contribution in [1.29, 1.82) is 0 Å². The number of allylic oxidation sites excluding steroid dienone is 1. The molecule has 1 aromatic rings. The van der Waals surface area contributed by atoms with E-state index in [1.165, 1.54) is 11.1 Å². The van der Waals surface area contributed by atoms with Gasteiger partial charge in [-0.15, -0.1) is 0 Å². The van der Waals surface area contributed by atoms with Crippen molar-refractivity contribution < 1.29 is 5.11 Å². The maximum absolute atomic E-state index is 9.84. The molecule has 6 nitrogen and oxygen atoms in total. The number of benzene rings is 1.